The molecule has 0 N–H and O–H groups in total. The molecule has 2 amide bonds. The lowest BCUT2D eigenvalue weighted by Gasteiger charge is -2.38. The molecular weight excluding hydrogens is 322 g/mol. The quantitative estimate of drug-likeness (QED) is 0.477. The number of nitro groups is 1. The number of rotatable bonds is 2. The SMILES string of the molecule is CN1CCC(N2C(=O)c3cccc4c([N+](=O)[O-])ccc(c34)C2=O)CC1. The van der Waals surface area contributed by atoms with Crippen molar-refractivity contribution in [2.45, 2.75) is 18.9 Å². The Balaban J connectivity index is 1.86. The van der Waals surface area contributed by atoms with Crippen molar-refractivity contribution in [1.82, 2.24) is 9.80 Å². The summed E-state index contributed by atoms with van der Waals surface area (Å²) in [4.78, 5) is 40.3. The number of nitrogens with zero attached hydrogens (tertiary/aromatic N) is 3. The van der Waals surface area contributed by atoms with Crippen LogP contribution < -0.4 is 0 Å². The van der Waals surface area contributed by atoms with Crippen molar-refractivity contribution < 1.29 is 14.5 Å². The molecule has 25 heavy (non-hydrogen) atoms. The molecule has 0 aromatic heterocycles. The third-order valence-electron chi connectivity index (χ3n) is 5.17. The third-order valence-corrected chi connectivity index (χ3v) is 5.17. The first-order chi connectivity index (χ1) is 12.0. The first-order valence-corrected chi connectivity index (χ1v) is 8.25. The Morgan fingerprint density at radius 1 is 1.04 bits per heavy atom. The molecule has 128 valence electrons. The zero-order valence-electron chi connectivity index (χ0n) is 13.8. The molecule has 2 heterocycles. The second-order valence-electron chi connectivity index (χ2n) is 6.63. The van der Waals surface area contributed by atoms with Gasteiger partial charge in [-0.2, -0.15) is 0 Å². The number of likely N-dealkylation sites (tertiary alicyclic amines) is 1. The summed E-state index contributed by atoms with van der Waals surface area (Å²) in [7, 11) is 2.02. The van der Waals surface area contributed by atoms with E-state index in [4.69, 9.17) is 0 Å². The average molecular weight is 339 g/mol. The van der Waals surface area contributed by atoms with Crippen molar-refractivity contribution in [3.8, 4) is 0 Å². The van der Waals surface area contributed by atoms with Gasteiger partial charge in [0.1, 0.15) is 0 Å². The van der Waals surface area contributed by atoms with Gasteiger partial charge >= 0.3 is 0 Å². The molecule has 0 atom stereocenters. The van der Waals surface area contributed by atoms with Crippen molar-refractivity contribution in [3.05, 3.63) is 51.6 Å². The highest BCUT2D eigenvalue weighted by Gasteiger charge is 2.39. The number of amides is 2. The van der Waals surface area contributed by atoms with Crippen LogP contribution >= 0.6 is 0 Å². The number of benzene rings is 2. The van der Waals surface area contributed by atoms with Gasteiger partial charge in [0.05, 0.1) is 10.3 Å². The maximum absolute atomic E-state index is 13.0. The number of hydrogen-bond donors (Lipinski definition) is 0. The van der Waals surface area contributed by atoms with Gasteiger partial charge in [0.2, 0.25) is 0 Å². The summed E-state index contributed by atoms with van der Waals surface area (Å²) in [5.41, 5.74) is 0.651. The van der Waals surface area contributed by atoms with Crippen LogP contribution in [0.5, 0.6) is 0 Å². The van der Waals surface area contributed by atoms with Crippen LogP contribution in [0.3, 0.4) is 0 Å². The van der Waals surface area contributed by atoms with Crippen molar-refractivity contribution in [3.63, 3.8) is 0 Å². The van der Waals surface area contributed by atoms with Crippen molar-refractivity contribution in [2.24, 2.45) is 0 Å². The topological polar surface area (TPSA) is 83.8 Å². The highest BCUT2D eigenvalue weighted by Crippen LogP contribution is 2.36. The van der Waals surface area contributed by atoms with Gasteiger partial charge in [-0.05, 0) is 51.2 Å². The number of carbonyl (C=O) groups is 2. The zero-order valence-corrected chi connectivity index (χ0v) is 13.8. The molecule has 2 aromatic carbocycles. The second-order valence-corrected chi connectivity index (χ2v) is 6.63. The summed E-state index contributed by atoms with van der Waals surface area (Å²) in [5.74, 6) is -0.698. The fourth-order valence-corrected chi connectivity index (χ4v) is 3.84. The molecule has 0 unspecified atom stereocenters. The summed E-state index contributed by atoms with van der Waals surface area (Å²) in [6.07, 6.45) is 1.48. The molecule has 0 bridgehead atoms. The Labute approximate surface area is 144 Å². The number of hydrogen-bond acceptors (Lipinski definition) is 5. The highest BCUT2D eigenvalue weighted by atomic mass is 16.6. The number of carbonyl (C=O) groups excluding carboxylic acids is 2. The second kappa shape index (κ2) is 5.63. The minimum absolute atomic E-state index is 0.0889. The molecule has 7 nitrogen and oxygen atoms in total. The summed E-state index contributed by atoms with van der Waals surface area (Å²) >= 11 is 0. The van der Waals surface area contributed by atoms with E-state index in [1.165, 1.54) is 17.0 Å². The Hall–Kier alpha value is -2.80. The van der Waals surface area contributed by atoms with E-state index in [-0.39, 0.29) is 23.5 Å². The van der Waals surface area contributed by atoms with Crippen molar-refractivity contribution >= 4 is 28.3 Å². The minimum atomic E-state index is -0.485. The van der Waals surface area contributed by atoms with E-state index < -0.39 is 4.92 Å². The molecule has 1 fully saturated rings. The van der Waals surface area contributed by atoms with Gasteiger partial charge in [0.15, 0.2) is 0 Å². The number of nitro benzene ring substituents is 1. The van der Waals surface area contributed by atoms with Crippen LogP contribution in [0.1, 0.15) is 33.6 Å². The predicted octanol–water partition coefficient (Wildman–Crippen LogP) is 2.44. The molecular formula is C18H17N3O4. The van der Waals surface area contributed by atoms with Crippen LogP contribution in [0.4, 0.5) is 5.69 Å². The molecule has 4 rings (SSSR count). The first-order valence-electron chi connectivity index (χ1n) is 8.25. The fraction of sp³-hybridized carbons (Fsp3) is 0.333. The van der Waals surface area contributed by atoms with Crippen LogP contribution in [-0.4, -0.2) is 52.7 Å². The van der Waals surface area contributed by atoms with E-state index in [1.54, 1.807) is 18.2 Å². The normalized spacial score (nSPS) is 18.8. The lowest BCUT2D eigenvalue weighted by Crippen LogP contribution is -2.51. The summed E-state index contributed by atoms with van der Waals surface area (Å²) in [5, 5.41) is 12.0. The highest BCUT2D eigenvalue weighted by molar-refractivity contribution is 6.26. The van der Waals surface area contributed by atoms with Gasteiger partial charge in [0.25, 0.3) is 17.5 Å². The van der Waals surface area contributed by atoms with Crippen LogP contribution in [0.2, 0.25) is 0 Å². The van der Waals surface area contributed by atoms with Gasteiger partial charge in [-0.1, -0.05) is 6.07 Å². The first kappa shape index (κ1) is 15.7. The van der Waals surface area contributed by atoms with E-state index in [1.807, 2.05) is 7.05 Å². The molecule has 2 aromatic rings. The van der Waals surface area contributed by atoms with Gasteiger partial charge in [-0.25, -0.2) is 0 Å². The Bertz CT molecular complexity index is 894. The van der Waals surface area contributed by atoms with Crippen LogP contribution in [0, 0.1) is 10.1 Å². The Morgan fingerprint density at radius 2 is 1.68 bits per heavy atom. The molecule has 0 saturated carbocycles. The van der Waals surface area contributed by atoms with Crippen LogP contribution in [-0.2, 0) is 0 Å². The number of imide groups is 1. The van der Waals surface area contributed by atoms with E-state index >= 15 is 0 Å². The summed E-state index contributed by atoms with van der Waals surface area (Å²) in [6.45, 7) is 1.66. The third kappa shape index (κ3) is 2.31. The smallest absolute Gasteiger partial charge is 0.277 e. The van der Waals surface area contributed by atoms with E-state index in [2.05, 4.69) is 4.90 Å². The van der Waals surface area contributed by atoms with Crippen molar-refractivity contribution in [2.75, 3.05) is 20.1 Å². The molecule has 2 aliphatic rings. The van der Waals surface area contributed by atoms with Crippen LogP contribution in [0.15, 0.2) is 30.3 Å². The minimum Gasteiger partial charge on any atom is -0.306 e. The molecule has 0 radical (unpaired) electrons. The van der Waals surface area contributed by atoms with Crippen molar-refractivity contribution in [1.29, 1.82) is 0 Å². The molecule has 1 saturated heterocycles. The van der Waals surface area contributed by atoms with Gasteiger partial charge < -0.3 is 4.90 Å². The van der Waals surface area contributed by atoms with Crippen LogP contribution in [0.25, 0.3) is 10.8 Å². The van der Waals surface area contributed by atoms with E-state index in [9.17, 15) is 19.7 Å². The average Bonchev–Trinajstić information content (AvgIpc) is 2.60. The van der Waals surface area contributed by atoms with Gasteiger partial charge in [-0.3, -0.25) is 24.6 Å². The molecule has 0 aliphatic carbocycles. The maximum Gasteiger partial charge on any atom is 0.277 e. The monoisotopic (exact) mass is 339 g/mol. The summed E-state index contributed by atoms with van der Waals surface area (Å²) in [6, 6.07) is 7.56. The standard InChI is InChI=1S/C18H17N3O4/c1-19-9-7-11(8-10-19)20-17(22)13-4-2-3-12-15(21(24)25)6-5-14(16(12)13)18(20)23/h2-6,11H,7-10H2,1H3. The molecule has 0 spiro atoms. The fourth-order valence-electron chi connectivity index (χ4n) is 3.84. The molecule has 2 aliphatic heterocycles. The van der Waals surface area contributed by atoms with E-state index in [0.717, 1.165) is 25.9 Å². The Morgan fingerprint density at radius 3 is 2.32 bits per heavy atom. The lowest BCUT2D eigenvalue weighted by atomic mass is 9.91. The zero-order chi connectivity index (χ0) is 17.7. The number of non-ortho nitro benzene ring substituents is 1. The molecule has 7 heteroatoms. The predicted molar refractivity (Wildman–Crippen MR) is 91.6 cm³/mol. The largest absolute Gasteiger partial charge is 0.306 e. The lowest BCUT2D eigenvalue weighted by molar-refractivity contribution is -0.383. The van der Waals surface area contributed by atoms with Gasteiger partial charge in [0, 0.05) is 28.6 Å². The number of piperidine rings is 1. The van der Waals surface area contributed by atoms with Gasteiger partial charge in [-0.15, -0.1) is 0 Å². The Kier molecular flexibility index (Phi) is 3.54. The summed E-state index contributed by atoms with van der Waals surface area (Å²) < 4.78 is 0. The maximum atomic E-state index is 13.0. The van der Waals surface area contributed by atoms with E-state index in [0.29, 0.717) is 21.9 Å².